The zero-order valence-corrected chi connectivity index (χ0v) is 10.6. The van der Waals surface area contributed by atoms with Crippen molar-refractivity contribution < 1.29 is 4.42 Å². The molecule has 0 atom stereocenters. The normalized spacial score (nSPS) is 10.6. The van der Waals surface area contributed by atoms with Crippen LogP contribution in [0.2, 0.25) is 0 Å². The number of aryl methyl sites for hydroxylation is 1. The Balaban J connectivity index is 1.75. The Morgan fingerprint density at radius 1 is 1.26 bits per heavy atom. The smallest absolute Gasteiger partial charge is 0.247 e. The second-order valence-corrected chi connectivity index (χ2v) is 4.29. The standard InChI is InChI=1S/C14H14N4O/c1-18-7-3-6-13(18)9-15-12-5-2-4-11(8-12)14-17-16-10-19-14/h2-8,10,15H,9H2,1H3. The second kappa shape index (κ2) is 4.97. The van der Waals surface area contributed by atoms with Crippen molar-refractivity contribution >= 4 is 5.69 Å². The lowest BCUT2D eigenvalue weighted by molar-refractivity contribution is 0.568. The molecule has 0 aliphatic rings. The molecule has 2 aromatic heterocycles. The lowest BCUT2D eigenvalue weighted by atomic mass is 10.2. The van der Waals surface area contributed by atoms with E-state index in [1.165, 1.54) is 12.1 Å². The van der Waals surface area contributed by atoms with Gasteiger partial charge in [-0.3, -0.25) is 0 Å². The first-order valence-electron chi connectivity index (χ1n) is 6.03. The van der Waals surface area contributed by atoms with E-state index in [9.17, 15) is 0 Å². The van der Waals surface area contributed by atoms with Gasteiger partial charge in [0.25, 0.3) is 0 Å². The highest BCUT2D eigenvalue weighted by Gasteiger charge is 2.04. The maximum atomic E-state index is 5.19. The van der Waals surface area contributed by atoms with Crippen molar-refractivity contribution in [2.75, 3.05) is 5.32 Å². The van der Waals surface area contributed by atoms with Crippen molar-refractivity contribution in [2.24, 2.45) is 7.05 Å². The number of hydrogen-bond acceptors (Lipinski definition) is 4. The van der Waals surface area contributed by atoms with Gasteiger partial charge in [-0.1, -0.05) is 6.07 Å². The van der Waals surface area contributed by atoms with Crippen LogP contribution in [0.25, 0.3) is 11.5 Å². The van der Waals surface area contributed by atoms with Crippen molar-refractivity contribution in [1.29, 1.82) is 0 Å². The van der Waals surface area contributed by atoms with E-state index in [1.807, 2.05) is 43.6 Å². The fraction of sp³-hybridized carbons (Fsp3) is 0.143. The van der Waals surface area contributed by atoms with E-state index >= 15 is 0 Å². The lowest BCUT2D eigenvalue weighted by Crippen LogP contribution is -2.03. The third-order valence-electron chi connectivity index (χ3n) is 2.99. The van der Waals surface area contributed by atoms with Gasteiger partial charge in [0, 0.05) is 30.2 Å². The third kappa shape index (κ3) is 2.49. The number of hydrogen-bond donors (Lipinski definition) is 1. The Morgan fingerprint density at radius 2 is 2.21 bits per heavy atom. The Hall–Kier alpha value is -2.56. The van der Waals surface area contributed by atoms with E-state index in [0.717, 1.165) is 17.8 Å². The molecule has 0 saturated heterocycles. The predicted molar refractivity (Wildman–Crippen MR) is 72.5 cm³/mol. The minimum atomic E-state index is 0.530. The van der Waals surface area contributed by atoms with E-state index < -0.39 is 0 Å². The van der Waals surface area contributed by atoms with Crippen LogP contribution < -0.4 is 5.32 Å². The highest BCUT2D eigenvalue weighted by molar-refractivity contribution is 5.60. The van der Waals surface area contributed by atoms with Crippen molar-refractivity contribution in [3.05, 3.63) is 54.7 Å². The summed E-state index contributed by atoms with van der Waals surface area (Å²) in [6.07, 6.45) is 3.37. The van der Waals surface area contributed by atoms with E-state index in [-0.39, 0.29) is 0 Å². The summed E-state index contributed by atoms with van der Waals surface area (Å²) in [6.45, 7) is 0.775. The monoisotopic (exact) mass is 254 g/mol. The molecule has 1 aromatic carbocycles. The fourth-order valence-corrected chi connectivity index (χ4v) is 1.93. The Bertz CT molecular complexity index is 658. The zero-order valence-electron chi connectivity index (χ0n) is 10.6. The molecule has 0 aliphatic heterocycles. The largest absolute Gasteiger partial charge is 0.423 e. The Kier molecular flexibility index (Phi) is 3.02. The third-order valence-corrected chi connectivity index (χ3v) is 2.99. The summed E-state index contributed by atoms with van der Waals surface area (Å²) in [6, 6.07) is 12.0. The van der Waals surface area contributed by atoms with Crippen molar-refractivity contribution in [3.8, 4) is 11.5 Å². The van der Waals surface area contributed by atoms with Crippen LogP contribution >= 0.6 is 0 Å². The number of anilines is 1. The molecule has 5 heteroatoms. The highest BCUT2D eigenvalue weighted by atomic mass is 16.4. The molecule has 5 nitrogen and oxygen atoms in total. The maximum absolute atomic E-state index is 5.19. The lowest BCUT2D eigenvalue weighted by Gasteiger charge is -2.08. The molecule has 0 spiro atoms. The molecule has 0 aliphatic carbocycles. The van der Waals surface area contributed by atoms with Crippen LogP contribution in [-0.4, -0.2) is 14.8 Å². The first-order valence-corrected chi connectivity index (χ1v) is 6.03. The number of benzene rings is 1. The van der Waals surface area contributed by atoms with Gasteiger partial charge in [0.05, 0.1) is 6.54 Å². The molecular formula is C14H14N4O. The minimum absolute atomic E-state index is 0.530. The molecule has 0 amide bonds. The van der Waals surface area contributed by atoms with Gasteiger partial charge in [-0.25, -0.2) is 0 Å². The molecule has 0 radical (unpaired) electrons. The molecule has 1 N–H and O–H groups in total. The quantitative estimate of drug-likeness (QED) is 0.777. The minimum Gasteiger partial charge on any atom is -0.423 e. The van der Waals surface area contributed by atoms with Crippen molar-refractivity contribution in [3.63, 3.8) is 0 Å². The van der Waals surface area contributed by atoms with Gasteiger partial charge >= 0.3 is 0 Å². The van der Waals surface area contributed by atoms with Crippen LogP contribution in [0.3, 0.4) is 0 Å². The van der Waals surface area contributed by atoms with Crippen LogP contribution in [0.4, 0.5) is 5.69 Å². The van der Waals surface area contributed by atoms with Gasteiger partial charge in [-0.15, -0.1) is 10.2 Å². The average Bonchev–Trinajstić information content (AvgIpc) is 3.08. The first kappa shape index (κ1) is 11.5. The van der Waals surface area contributed by atoms with Crippen LogP contribution in [-0.2, 0) is 13.6 Å². The molecule has 0 bridgehead atoms. The number of rotatable bonds is 4. The van der Waals surface area contributed by atoms with Gasteiger partial charge in [-0.2, -0.15) is 0 Å². The number of nitrogens with zero attached hydrogens (tertiary/aromatic N) is 3. The van der Waals surface area contributed by atoms with Gasteiger partial charge in [-0.05, 0) is 30.3 Å². The Labute approximate surface area is 110 Å². The van der Waals surface area contributed by atoms with E-state index in [0.29, 0.717) is 5.89 Å². The van der Waals surface area contributed by atoms with Gasteiger partial charge in [0.2, 0.25) is 12.3 Å². The summed E-state index contributed by atoms with van der Waals surface area (Å²) in [5.74, 6) is 0.530. The molecular weight excluding hydrogens is 240 g/mol. The first-order chi connectivity index (χ1) is 9.33. The van der Waals surface area contributed by atoms with Crippen LogP contribution in [0, 0.1) is 0 Å². The molecule has 0 unspecified atom stereocenters. The molecule has 3 aromatic rings. The topological polar surface area (TPSA) is 55.9 Å². The summed E-state index contributed by atoms with van der Waals surface area (Å²) in [4.78, 5) is 0. The fourth-order valence-electron chi connectivity index (χ4n) is 1.93. The van der Waals surface area contributed by atoms with Crippen molar-refractivity contribution in [1.82, 2.24) is 14.8 Å². The molecule has 0 fully saturated rings. The van der Waals surface area contributed by atoms with E-state index in [4.69, 9.17) is 4.42 Å². The van der Waals surface area contributed by atoms with Crippen LogP contribution in [0.15, 0.2) is 53.4 Å². The highest BCUT2D eigenvalue weighted by Crippen LogP contribution is 2.20. The van der Waals surface area contributed by atoms with Crippen LogP contribution in [0.5, 0.6) is 0 Å². The molecule has 19 heavy (non-hydrogen) atoms. The summed E-state index contributed by atoms with van der Waals surface area (Å²) in [5, 5.41) is 11.0. The maximum Gasteiger partial charge on any atom is 0.247 e. The molecule has 96 valence electrons. The average molecular weight is 254 g/mol. The zero-order chi connectivity index (χ0) is 13.1. The SMILES string of the molecule is Cn1cccc1CNc1cccc(-c2nnco2)c1. The Morgan fingerprint density at radius 3 is 2.95 bits per heavy atom. The number of nitrogens with one attached hydrogen (secondary N) is 1. The summed E-state index contributed by atoms with van der Waals surface area (Å²) >= 11 is 0. The second-order valence-electron chi connectivity index (χ2n) is 4.29. The summed E-state index contributed by atoms with van der Waals surface area (Å²) < 4.78 is 7.28. The van der Waals surface area contributed by atoms with Gasteiger partial charge in [0.1, 0.15) is 0 Å². The van der Waals surface area contributed by atoms with Gasteiger partial charge < -0.3 is 14.3 Å². The predicted octanol–water partition coefficient (Wildman–Crippen LogP) is 2.69. The summed E-state index contributed by atoms with van der Waals surface area (Å²) in [7, 11) is 2.03. The van der Waals surface area contributed by atoms with E-state index in [2.05, 4.69) is 26.1 Å². The van der Waals surface area contributed by atoms with Crippen LogP contribution in [0.1, 0.15) is 5.69 Å². The molecule has 3 rings (SSSR count). The van der Waals surface area contributed by atoms with E-state index in [1.54, 1.807) is 0 Å². The van der Waals surface area contributed by atoms with Gasteiger partial charge in [0.15, 0.2) is 0 Å². The summed E-state index contributed by atoms with van der Waals surface area (Å²) in [5.41, 5.74) is 3.16. The molecule has 0 saturated carbocycles. The molecule has 2 heterocycles. The van der Waals surface area contributed by atoms with Crippen molar-refractivity contribution in [2.45, 2.75) is 6.54 Å². The number of aromatic nitrogens is 3.